The van der Waals surface area contributed by atoms with Crippen LogP contribution in [0.2, 0.25) is 0 Å². The number of anilines is 2. The number of hydrogen-bond donors (Lipinski definition) is 3. The second-order valence-electron chi connectivity index (χ2n) is 3.96. The van der Waals surface area contributed by atoms with E-state index in [1.165, 1.54) is 6.33 Å². The summed E-state index contributed by atoms with van der Waals surface area (Å²) in [6, 6.07) is 5.58. The molecule has 6 heteroatoms. The first kappa shape index (κ1) is 10.5. The smallest absolute Gasteiger partial charge is 0.137 e. The standard InChI is InChI=1S/C12H12N6/c13-9-1-2-11-10(3-9)12(16-7-15-11)14-4-8-5-17-18-6-8/h1-3,5-7H,4,13H2,(H,17,18)(H,14,15,16). The number of rotatable bonds is 3. The average molecular weight is 240 g/mol. The molecule has 3 aromatic rings. The molecule has 0 unspecified atom stereocenters. The number of nitrogens with two attached hydrogens (primary N) is 1. The lowest BCUT2D eigenvalue weighted by atomic mass is 10.2. The van der Waals surface area contributed by atoms with Gasteiger partial charge >= 0.3 is 0 Å². The minimum absolute atomic E-state index is 0.650. The van der Waals surface area contributed by atoms with Gasteiger partial charge in [-0.15, -0.1) is 0 Å². The highest BCUT2D eigenvalue weighted by atomic mass is 15.1. The van der Waals surface area contributed by atoms with E-state index in [2.05, 4.69) is 25.5 Å². The number of aromatic nitrogens is 4. The first-order valence-electron chi connectivity index (χ1n) is 5.55. The van der Waals surface area contributed by atoms with Gasteiger partial charge in [0.2, 0.25) is 0 Å². The van der Waals surface area contributed by atoms with Crippen LogP contribution in [0, 0.1) is 0 Å². The third-order valence-corrected chi connectivity index (χ3v) is 2.67. The molecule has 0 fully saturated rings. The molecule has 0 aliphatic rings. The molecule has 6 nitrogen and oxygen atoms in total. The number of benzene rings is 1. The number of H-pyrrole nitrogens is 1. The summed E-state index contributed by atoms with van der Waals surface area (Å²) in [5.74, 6) is 0.772. The third-order valence-electron chi connectivity index (χ3n) is 2.67. The van der Waals surface area contributed by atoms with Crippen LogP contribution in [0.15, 0.2) is 36.9 Å². The second kappa shape index (κ2) is 4.33. The van der Waals surface area contributed by atoms with Crippen LogP contribution < -0.4 is 11.1 Å². The van der Waals surface area contributed by atoms with E-state index in [1.807, 2.05) is 24.4 Å². The molecule has 4 N–H and O–H groups in total. The molecule has 0 saturated carbocycles. The van der Waals surface area contributed by atoms with E-state index in [1.54, 1.807) is 6.20 Å². The molecule has 90 valence electrons. The van der Waals surface area contributed by atoms with Gasteiger partial charge in [0.25, 0.3) is 0 Å². The summed E-state index contributed by atoms with van der Waals surface area (Å²) in [5, 5.41) is 10.8. The molecule has 0 amide bonds. The molecule has 1 aromatic carbocycles. The maximum absolute atomic E-state index is 5.79. The fraction of sp³-hybridized carbons (Fsp3) is 0.0833. The summed E-state index contributed by atoms with van der Waals surface area (Å²) >= 11 is 0. The highest BCUT2D eigenvalue weighted by molar-refractivity contribution is 5.91. The number of nitrogens with zero attached hydrogens (tertiary/aromatic N) is 3. The van der Waals surface area contributed by atoms with Gasteiger partial charge in [-0.1, -0.05) is 0 Å². The number of nitrogens with one attached hydrogen (secondary N) is 2. The molecule has 0 saturated heterocycles. The maximum atomic E-state index is 5.79. The highest BCUT2D eigenvalue weighted by Crippen LogP contribution is 2.21. The lowest BCUT2D eigenvalue weighted by Crippen LogP contribution is -2.02. The van der Waals surface area contributed by atoms with Crippen molar-refractivity contribution in [3.63, 3.8) is 0 Å². The number of aromatic amines is 1. The summed E-state index contributed by atoms with van der Waals surface area (Å²) in [6.07, 6.45) is 5.14. The molecule has 2 heterocycles. The van der Waals surface area contributed by atoms with E-state index in [-0.39, 0.29) is 0 Å². The molecule has 2 aromatic heterocycles. The Morgan fingerprint density at radius 2 is 2.22 bits per heavy atom. The summed E-state index contributed by atoms with van der Waals surface area (Å²) < 4.78 is 0. The SMILES string of the molecule is Nc1ccc2ncnc(NCc3cn[nH]c3)c2c1. The molecule has 0 radical (unpaired) electrons. The van der Waals surface area contributed by atoms with Crippen LogP contribution in [0.1, 0.15) is 5.56 Å². The van der Waals surface area contributed by atoms with Gasteiger partial charge in [-0.3, -0.25) is 5.10 Å². The van der Waals surface area contributed by atoms with Gasteiger partial charge in [0.05, 0.1) is 11.7 Å². The van der Waals surface area contributed by atoms with Gasteiger partial charge < -0.3 is 11.1 Å². The van der Waals surface area contributed by atoms with Crippen LogP contribution >= 0.6 is 0 Å². The van der Waals surface area contributed by atoms with E-state index < -0.39 is 0 Å². The Balaban J connectivity index is 1.93. The molecule has 18 heavy (non-hydrogen) atoms. The number of hydrogen-bond acceptors (Lipinski definition) is 5. The number of nitrogen functional groups attached to an aromatic ring is 1. The lowest BCUT2D eigenvalue weighted by Gasteiger charge is -2.07. The van der Waals surface area contributed by atoms with Gasteiger partial charge in [-0.05, 0) is 18.2 Å². The summed E-state index contributed by atoms with van der Waals surface area (Å²) in [7, 11) is 0. The highest BCUT2D eigenvalue weighted by Gasteiger charge is 2.04. The topological polar surface area (TPSA) is 92.5 Å². The molecule has 0 atom stereocenters. The Hall–Kier alpha value is -2.63. The van der Waals surface area contributed by atoms with E-state index in [0.717, 1.165) is 22.3 Å². The van der Waals surface area contributed by atoms with Crippen LogP contribution in [-0.2, 0) is 6.54 Å². The number of fused-ring (bicyclic) bond motifs is 1. The second-order valence-corrected chi connectivity index (χ2v) is 3.96. The monoisotopic (exact) mass is 240 g/mol. The van der Waals surface area contributed by atoms with Crippen molar-refractivity contribution in [2.45, 2.75) is 6.54 Å². The van der Waals surface area contributed by atoms with Gasteiger partial charge in [-0.2, -0.15) is 5.10 Å². The Labute approximate surface area is 103 Å². The Morgan fingerprint density at radius 1 is 1.28 bits per heavy atom. The van der Waals surface area contributed by atoms with Gasteiger partial charge in [-0.25, -0.2) is 9.97 Å². The quantitative estimate of drug-likeness (QED) is 0.604. The minimum atomic E-state index is 0.650. The van der Waals surface area contributed by atoms with Crippen molar-refractivity contribution in [3.05, 3.63) is 42.5 Å². The van der Waals surface area contributed by atoms with E-state index in [0.29, 0.717) is 12.2 Å². The predicted octanol–water partition coefficient (Wildman–Crippen LogP) is 1.55. The molecule has 0 spiro atoms. The Morgan fingerprint density at radius 3 is 3.06 bits per heavy atom. The predicted molar refractivity (Wildman–Crippen MR) is 69.9 cm³/mol. The average Bonchev–Trinajstić information content (AvgIpc) is 2.89. The first-order valence-corrected chi connectivity index (χ1v) is 5.55. The zero-order valence-electron chi connectivity index (χ0n) is 9.59. The molecule has 3 rings (SSSR count). The minimum Gasteiger partial charge on any atom is -0.399 e. The zero-order chi connectivity index (χ0) is 12.4. The van der Waals surface area contributed by atoms with Crippen molar-refractivity contribution in [1.29, 1.82) is 0 Å². The zero-order valence-corrected chi connectivity index (χ0v) is 9.59. The van der Waals surface area contributed by atoms with Crippen molar-refractivity contribution in [2.75, 3.05) is 11.1 Å². The van der Waals surface area contributed by atoms with Crippen LogP contribution in [0.4, 0.5) is 11.5 Å². The van der Waals surface area contributed by atoms with E-state index in [9.17, 15) is 0 Å². The normalized spacial score (nSPS) is 10.7. The molecule has 0 bridgehead atoms. The van der Waals surface area contributed by atoms with E-state index in [4.69, 9.17) is 5.73 Å². The maximum Gasteiger partial charge on any atom is 0.137 e. The third kappa shape index (κ3) is 1.95. The van der Waals surface area contributed by atoms with Gasteiger partial charge in [0.1, 0.15) is 12.1 Å². The fourth-order valence-corrected chi connectivity index (χ4v) is 1.78. The fourth-order valence-electron chi connectivity index (χ4n) is 1.78. The van der Waals surface area contributed by atoms with Crippen molar-refractivity contribution in [2.24, 2.45) is 0 Å². The van der Waals surface area contributed by atoms with Gasteiger partial charge in [0, 0.05) is 29.4 Å². The van der Waals surface area contributed by atoms with Crippen molar-refractivity contribution < 1.29 is 0 Å². The molecular weight excluding hydrogens is 228 g/mol. The Kier molecular flexibility index (Phi) is 2.53. The summed E-state index contributed by atoms with van der Waals surface area (Å²) in [4.78, 5) is 8.44. The molecular formula is C12H12N6. The largest absolute Gasteiger partial charge is 0.399 e. The van der Waals surface area contributed by atoms with Crippen molar-refractivity contribution in [3.8, 4) is 0 Å². The molecule has 0 aliphatic carbocycles. The van der Waals surface area contributed by atoms with Crippen LogP contribution in [0.3, 0.4) is 0 Å². The first-order chi connectivity index (χ1) is 8.83. The van der Waals surface area contributed by atoms with Crippen molar-refractivity contribution >= 4 is 22.4 Å². The van der Waals surface area contributed by atoms with Crippen LogP contribution in [0.5, 0.6) is 0 Å². The van der Waals surface area contributed by atoms with Crippen molar-refractivity contribution in [1.82, 2.24) is 20.2 Å². The molecule has 0 aliphatic heterocycles. The van der Waals surface area contributed by atoms with Gasteiger partial charge in [0.15, 0.2) is 0 Å². The van der Waals surface area contributed by atoms with E-state index >= 15 is 0 Å². The summed E-state index contributed by atoms with van der Waals surface area (Å²) in [5.41, 5.74) is 8.41. The summed E-state index contributed by atoms with van der Waals surface area (Å²) in [6.45, 7) is 0.650. The Bertz CT molecular complexity index is 661. The lowest BCUT2D eigenvalue weighted by molar-refractivity contribution is 1.09. The van der Waals surface area contributed by atoms with Crippen LogP contribution in [0.25, 0.3) is 10.9 Å². The van der Waals surface area contributed by atoms with Crippen LogP contribution in [-0.4, -0.2) is 20.2 Å².